The van der Waals surface area contributed by atoms with Crippen molar-refractivity contribution in [2.24, 2.45) is 0 Å². The first kappa shape index (κ1) is 12.9. The number of aromatic hydroxyl groups is 1. The van der Waals surface area contributed by atoms with Crippen molar-refractivity contribution < 1.29 is 5.11 Å². The van der Waals surface area contributed by atoms with Crippen LogP contribution in [0.1, 0.15) is 29.8 Å². The molecule has 1 aromatic heterocycles. The highest BCUT2D eigenvalue weighted by molar-refractivity contribution is 14.1. The van der Waals surface area contributed by atoms with Gasteiger partial charge in [0.05, 0.1) is 23.3 Å². The quantitative estimate of drug-likeness (QED) is 0.717. The normalized spacial score (nSPS) is 22.3. The summed E-state index contributed by atoms with van der Waals surface area (Å²) in [7, 11) is 0. The van der Waals surface area contributed by atoms with Crippen LogP contribution in [0.25, 0.3) is 5.69 Å². The highest BCUT2D eigenvalue weighted by Crippen LogP contribution is 2.43. The van der Waals surface area contributed by atoms with E-state index in [4.69, 9.17) is 5.26 Å². The van der Waals surface area contributed by atoms with E-state index in [1.165, 1.54) is 4.57 Å². The number of nitriles is 1. The standard InChI is InChI=1S/C14H11IN4O2/c15-10-3-8(2-1-7(10)5-16)19-13(20)12-11-4-9(6-17-11)18(12)14(19)21/h1-3,9,11,17,20H,4,6H2/t9-,11-/m1/s1. The number of hydrogen-bond donors (Lipinski definition) is 2. The Balaban J connectivity index is 1.94. The Morgan fingerprint density at radius 2 is 2.29 bits per heavy atom. The van der Waals surface area contributed by atoms with Crippen LogP contribution < -0.4 is 11.0 Å². The summed E-state index contributed by atoms with van der Waals surface area (Å²) in [5, 5.41) is 22.7. The molecule has 0 unspecified atom stereocenters. The molecule has 2 N–H and O–H groups in total. The predicted molar refractivity (Wildman–Crippen MR) is 83.5 cm³/mol. The van der Waals surface area contributed by atoms with Crippen LogP contribution in [-0.2, 0) is 0 Å². The summed E-state index contributed by atoms with van der Waals surface area (Å²) in [6.45, 7) is 0.770. The van der Waals surface area contributed by atoms with Crippen LogP contribution >= 0.6 is 22.6 Å². The molecular formula is C14H11IN4O2. The van der Waals surface area contributed by atoms with E-state index < -0.39 is 0 Å². The van der Waals surface area contributed by atoms with Gasteiger partial charge in [0.1, 0.15) is 11.8 Å². The Morgan fingerprint density at radius 1 is 1.48 bits per heavy atom. The van der Waals surface area contributed by atoms with Crippen LogP contribution in [0, 0.1) is 14.9 Å². The summed E-state index contributed by atoms with van der Waals surface area (Å²) in [5.74, 6) is 0.000192. The number of halogens is 1. The predicted octanol–water partition coefficient (Wildman–Crippen LogP) is 1.41. The lowest BCUT2D eigenvalue weighted by Crippen LogP contribution is -2.31. The van der Waals surface area contributed by atoms with Gasteiger partial charge in [-0.2, -0.15) is 5.26 Å². The van der Waals surface area contributed by atoms with Gasteiger partial charge in [0, 0.05) is 10.1 Å². The fourth-order valence-corrected chi connectivity index (χ4v) is 3.91. The Labute approximate surface area is 133 Å². The third-order valence-electron chi connectivity index (χ3n) is 4.23. The van der Waals surface area contributed by atoms with Crippen LogP contribution in [0.5, 0.6) is 5.88 Å². The first-order valence-electron chi connectivity index (χ1n) is 6.61. The van der Waals surface area contributed by atoms with Gasteiger partial charge in [-0.3, -0.25) is 4.57 Å². The summed E-state index contributed by atoms with van der Waals surface area (Å²) in [4.78, 5) is 12.6. The molecule has 0 spiro atoms. The molecule has 1 fully saturated rings. The molecule has 7 heteroatoms. The molecule has 2 atom stereocenters. The molecule has 2 aliphatic rings. The lowest BCUT2D eigenvalue weighted by molar-refractivity contribution is 0.424. The number of aromatic nitrogens is 2. The van der Waals surface area contributed by atoms with Crippen molar-refractivity contribution in [2.75, 3.05) is 6.54 Å². The zero-order valence-electron chi connectivity index (χ0n) is 10.9. The molecule has 1 aromatic carbocycles. The van der Waals surface area contributed by atoms with Crippen LogP contribution in [0.2, 0.25) is 0 Å². The maximum Gasteiger partial charge on any atom is 0.336 e. The zero-order chi connectivity index (χ0) is 14.7. The van der Waals surface area contributed by atoms with Gasteiger partial charge in [0.15, 0.2) is 0 Å². The van der Waals surface area contributed by atoms with E-state index in [9.17, 15) is 9.90 Å². The van der Waals surface area contributed by atoms with Gasteiger partial charge >= 0.3 is 5.69 Å². The SMILES string of the molecule is N#Cc1ccc(-n2c(O)c3n(c2=O)[C@H]2CN[C@@H]3C2)cc1I. The first-order valence-corrected chi connectivity index (χ1v) is 7.69. The van der Waals surface area contributed by atoms with Crippen LogP contribution in [0.4, 0.5) is 0 Å². The molecule has 2 aliphatic heterocycles. The van der Waals surface area contributed by atoms with Crippen molar-refractivity contribution in [3.8, 4) is 17.6 Å². The Bertz CT molecular complexity index is 861. The fourth-order valence-electron chi connectivity index (χ4n) is 3.29. The van der Waals surface area contributed by atoms with E-state index >= 15 is 0 Å². The second kappa shape index (κ2) is 4.35. The summed E-state index contributed by atoms with van der Waals surface area (Å²) in [6, 6.07) is 7.37. The minimum absolute atomic E-state index is 0.000192. The smallest absolute Gasteiger partial charge is 0.336 e. The molecule has 106 valence electrons. The van der Waals surface area contributed by atoms with Crippen molar-refractivity contribution in [1.29, 1.82) is 5.26 Å². The van der Waals surface area contributed by atoms with Crippen molar-refractivity contribution in [3.05, 3.63) is 43.5 Å². The lowest BCUT2D eigenvalue weighted by Gasteiger charge is -2.13. The highest BCUT2D eigenvalue weighted by Gasteiger charge is 2.42. The van der Waals surface area contributed by atoms with Crippen LogP contribution in [-0.4, -0.2) is 20.8 Å². The maximum absolute atomic E-state index is 12.6. The topological polar surface area (TPSA) is 83.0 Å². The molecule has 4 rings (SSSR count). The van der Waals surface area contributed by atoms with Crippen LogP contribution in [0.3, 0.4) is 0 Å². The number of hydrogen-bond acceptors (Lipinski definition) is 4. The van der Waals surface area contributed by atoms with Crippen molar-refractivity contribution in [3.63, 3.8) is 0 Å². The van der Waals surface area contributed by atoms with Crippen molar-refractivity contribution in [1.82, 2.24) is 14.5 Å². The minimum atomic E-state index is -0.211. The fraction of sp³-hybridized carbons (Fsp3) is 0.286. The molecule has 3 heterocycles. The Kier molecular flexibility index (Phi) is 2.68. The van der Waals surface area contributed by atoms with Gasteiger partial charge in [0.2, 0.25) is 5.88 Å². The average Bonchev–Trinajstić information content (AvgIpc) is 3.13. The van der Waals surface area contributed by atoms with Gasteiger partial charge in [-0.05, 0) is 47.2 Å². The molecule has 0 amide bonds. The zero-order valence-corrected chi connectivity index (χ0v) is 13.0. The van der Waals surface area contributed by atoms with Crippen LogP contribution in [0.15, 0.2) is 23.0 Å². The molecule has 0 aliphatic carbocycles. The number of imidazole rings is 1. The molecule has 6 nitrogen and oxygen atoms in total. The molecule has 0 radical (unpaired) electrons. The molecule has 2 bridgehead atoms. The summed E-state index contributed by atoms with van der Waals surface area (Å²) < 4.78 is 3.78. The monoisotopic (exact) mass is 394 g/mol. The van der Waals surface area contributed by atoms with E-state index in [1.807, 2.05) is 0 Å². The molecule has 2 aromatic rings. The Morgan fingerprint density at radius 3 is 2.95 bits per heavy atom. The van der Waals surface area contributed by atoms with E-state index in [1.54, 1.807) is 22.8 Å². The van der Waals surface area contributed by atoms with Gasteiger partial charge in [0.25, 0.3) is 0 Å². The van der Waals surface area contributed by atoms with E-state index in [2.05, 4.69) is 34.0 Å². The number of benzene rings is 1. The van der Waals surface area contributed by atoms with E-state index in [0.717, 1.165) is 16.5 Å². The summed E-state index contributed by atoms with van der Waals surface area (Å²) >= 11 is 2.06. The van der Waals surface area contributed by atoms with Gasteiger partial charge < -0.3 is 10.4 Å². The number of rotatable bonds is 1. The Hall–Kier alpha value is -1.79. The molecular weight excluding hydrogens is 383 g/mol. The minimum Gasteiger partial charge on any atom is -0.493 e. The molecule has 1 saturated heterocycles. The summed E-state index contributed by atoms with van der Waals surface area (Å²) in [6.07, 6.45) is 0.865. The maximum atomic E-state index is 12.6. The number of nitrogens with zero attached hydrogens (tertiary/aromatic N) is 3. The van der Waals surface area contributed by atoms with Crippen molar-refractivity contribution >= 4 is 22.6 Å². The second-order valence-corrected chi connectivity index (χ2v) is 6.49. The third-order valence-corrected chi connectivity index (χ3v) is 5.12. The number of nitrogens with one attached hydrogen (secondary N) is 1. The highest BCUT2D eigenvalue weighted by atomic mass is 127. The van der Waals surface area contributed by atoms with E-state index in [0.29, 0.717) is 16.9 Å². The van der Waals surface area contributed by atoms with Crippen molar-refractivity contribution in [2.45, 2.75) is 18.5 Å². The van der Waals surface area contributed by atoms with E-state index in [-0.39, 0.29) is 23.7 Å². The first-order chi connectivity index (χ1) is 10.1. The largest absolute Gasteiger partial charge is 0.493 e. The van der Waals surface area contributed by atoms with Gasteiger partial charge in [-0.1, -0.05) is 0 Å². The molecule has 0 saturated carbocycles. The lowest BCUT2D eigenvalue weighted by atomic mass is 10.2. The third kappa shape index (κ3) is 1.63. The second-order valence-electron chi connectivity index (χ2n) is 5.32. The average molecular weight is 394 g/mol. The molecule has 21 heavy (non-hydrogen) atoms. The van der Waals surface area contributed by atoms with Gasteiger partial charge in [-0.15, -0.1) is 0 Å². The number of fused-ring (bicyclic) bond motifs is 5. The summed E-state index contributed by atoms with van der Waals surface area (Å²) in [5.41, 5.74) is 1.61. The van der Waals surface area contributed by atoms with Gasteiger partial charge in [-0.25, -0.2) is 9.36 Å².